The summed E-state index contributed by atoms with van der Waals surface area (Å²) < 4.78 is 0. The number of amides is 1. The first kappa shape index (κ1) is 11.8. The van der Waals surface area contributed by atoms with E-state index in [9.17, 15) is 4.79 Å². The van der Waals surface area contributed by atoms with Crippen LogP contribution in [0.15, 0.2) is 53.8 Å². The number of aromatic nitrogens is 1. The fourth-order valence-corrected chi connectivity index (χ4v) is 1.50. The number of carbonyl (C=O) groups is 1. The van der Waals surface area contributed by atoms with Crippen molar-refractivity contribution in [3.05, 3.63) is 59.9 Å². The number of carbonyl (C=O) groups excluding carboxylic acids is 1. The van der Waals surface area contributed by atoms with E-state index in [0.29, 0.717) is 11.3 Å². The van der Waals surface area contributed by atoms with Gasteiger partial charge in [0.05, 0.1) is 17.5 Å². The van der Waals surface area contributed by atoms with Crippen LogP contribution < -0.4 is 11.2 Å². The standard InChI is InChI=1S/C13H12N4O/c14-16-9-12-11(7-4-8-15-12)13(18)17-10-5-2-1-3-6-10/h1-9H,14H2,(H,17,18). The van der Waals surface area contributed by atoms with E-state index in [-0.39, 0.29) is 5.91 Å². The summed E-state index contributed by atoms with van der Waals surface area (Å²) in [5.74, 6) is 4.83. The van der Waals surface area contributed by atoms with Gasteiger partial charge in [-0.2, -0.15) is 5.10 Å². The average molecular weight is 240 g/mol. The van der Waals surface area contributed by atoms with Gasteiger partial charge < -0.3 is 11.2 Å². The summed E-state index contributed by atoms with van der Waals surface area (Å²) in [6.45, 7) is 0. The fraction of sp³-hybridized carbons (Fsp3) is 0. The minimum atomic E-state index is -0.246. The van der Waals surface area contributed by atoms with Crippen molar-refractivity contribution in [3.8, 4) is 0 Å². The van der Waals surface area contributed by atoms with Gasteiger partial charge in [-0.3, -0.25) is 9.78 Å². The molecule has 0 saturated carbocycles. The quantitative estimate of drug-likeness (QED) is 0.486. The van der Waals surface area contributed by atoms with Gasteiger partial charge in [-0.1, -0.05) is 18.2 Å². The van der Waals surface area contributed by atoms with Crippen LogP contribution in [0.3, 0.4) is 0 Å². The Morgan fingerprint density at radius 1 is 1.22 bits per heavy atom. The van der Waals surface area contributed by atoms with E-state index in [1.54, 1.807) is 18.3 Å². The van der Waals surface area contributed by atoms with Crippen molar-refractivity contribution >= 4 is 17.8 Å². The molecule has 0 fully saturated rings. The third kappa shape index (κ3) is 2.70. The van der Waals surface area contributed by atoms with Crippen LogP contribution >= 0.6 is 0 Å². The summed E-state index contributed by atoms with van der Waals surface area (Å²) in [7, 11) is 0. The molecule has 1 amide bonds. The smallest absolute Gasteiger partial charge is 0.257 e. The highest BCUT2D eigenvalue weighted by atomic mass is 16.1. The Bertz CT molecular complexity index is 566. The van der Waals surface area contributed by atoms with Gasteiger partial charge >= 0.3 is 0 Å². The van der Waals surface area contributed by atoms with Crippen molar-refractivity contribution in [1.82, 2.24) is 4.98 Å². The van der Waals surface area contributed by atoms with Crippen LogP contribution in [0.4, 0.5) is 5.69 Å². The lowest BCUT2D eigenvalue weighted by Gasteiger charge is -2.06. The molecule has 1 aromatic heterocycles. The minimum absolute atomic E-state index is 0.246. The Kier molecular flexibility index (Phi) is 3.66. The maximum Gasteiger partial charge on any atom is 0.257 e. The zero-order valence-electron chi connectivity index (χ0n) is 9.58. The molecule has 0 bridgehead atoms. The molecule has 0 atom stereocenters. The molecule has 90 valence electrons. The van der Waals surface area contributed by atoms with Gasteiger partial charge in [0, 0.05) is 11.9 Å². The molecule has 18 heavy (non-hydrogen) atoms. The van der Waals surface area contributed by atoms with E-state index < -0.39 is 0 Å². The highest BCUT2D eigenvalue weighted by Gasteiger charge is 2.10. The van der Waals surface area contributed by atoms with E-state index in [1.165, 1.54) is 6.21 Å². The molecule has 0 aliphatic carbocycles. The summed E-state index contributed by atoms with van der Waals surface area (Å²) in [4.78, 5) is 16.1. The number of nitrogens with two attached hydrogens (primary N) is 1. The fourth-order valence-electron chi connectivity index (χ4n) is 1.50. The summed E-state index contributed by atoms with van der Waals surface area (Å²) in [5, 5.41) is 6.16. The number of hydrazone groups is 1. The second-order valence-corrected chi connectivity index (χ2v) is 3.53. The highest BCUT2D eigenvalue weighted by Crippen LogP contribution is 2.09. The van der Waals surface area contributed by atoms with Crippen LogP contribution in [0.5, 0.6) is 0 Å². The maximum absolute atomic E-state index is 12.1. The van der Waals surface area contributed by atoms with E-state index in [4.69, 9.17) is 5.84 Å². The first-order chi connectivity index (χ1) is 8.81. The van der Waals surface area contributed by atoms with Gasteiger partial charge in [-0.15, -0.1) is 0 Å². The largest absolute Gasteiger partial charge is 0.323 e. The summed E-state index contributed by atoms with van der Waals surface area (Å²) in [6.07, 6.45) is 2.93. The van der Waals surface area contributed by atoms with Gasteiger partial charge in [0.15, 0.2) is 0 Å². The molecule has 0 aliphatic rings. The predicted molar refractivity (Wildman–Crippen MR) is 70.4 cm³/mol. The molecule has 5 heteroatoms. The SMILES string of the molecule is NN=Cc1ncccc1C(=O)Nc1ccccc1. The number of anilines is 1. The normalized spacial score (nSPS) is 10.4. The van der Waals surface area contributed by atoms with Crippen LogP contribution in [-0.2, 0) is 0 Å². The number of pyridine rings is 1. The van der Waals surface area contributed by atoms with Crippen molar-refractivity contribution in [2.75, 3.05) is 5.32 Å². The number of nitrogens with zero attached hydrogens (tertiary/aromatic N) is 2. The number of para-hydroxylation sites is 1. The molecule has 1 aromatic carbocycles. The number of nitrogens with one attached hydrogen (secondary N) is 1. The third-order valence-electron chi connectivity index (χ3n) is 2.31. The van der Waals surface area contributed by atoms with E-state index in [0.717, 1.165) is 5.69 Å². The zero-order chi connectivity index (χ0) is 12.8. The highest BCUT2D eigenvalue weighted by molar-refractivity contribution is 6.08. The van der Waals surface area contributed by atoms with Gasteiger partial charge in [-0.05, 0) is 24.3 Å². The van der Waals surface area contributed by atoms with Crippen molar-refractivity contribution < 1.29 is 4.79 Å². The van der Waals surface area contributed by atoms with Crippen molar-refractivity contribution in [1.29, 1.82) is 0 Å². The lowest BCUT2D eigenvalue weighted by molar-refractivity contribution is 0.102. The molecule has 1 heterocycles. The Labute approximate surface area is 104 Å². The minimum Gasteiger partial charge on any atom is -0.323 e. The van der Waals surface area contributed by atoms with Crippen molar-refractivity contribution in [3.63, 3.8) is 0 Å². The first-order valence-corrected chi connectivity index (χ1v) is 5.36. The van der Waals surface area contributed by atoms with Crippen LogP contribution in [0.1, 0.15) is 16.1 Å². The third-order valence-corrected chi connectivity index (χ3v) is 2.31. The monoisotopic (exact) mass is 240 g/mol. The topological polar surface area (TPSA) is 80.4 Å². The van der Waals surface area contributed by atoms with Gasteiger partial charge in [0.25, 0.3) is 5.91 Å². The molecular formula is C13H12N4O. The molecular weight excluding hydrogens is 228 g/mol. The van der Waals surface area contributed by atoms with E-state index in [1.807, 2.05) is 30.3 Å². The van der Waals surface area contributed by atoms with E-state index in [2.05, 4.69) is 15.4 Å². The Balaban J connectivity index is 2.24. The second kappa shape index (κ2) is 5.58. The van der Waals surface area contributed by atoms with Crippen molar-refractivity contribution in [2.45, 2.75) is 0 Å². The summed E-state index contributed by atoms with van der Waals surface area (Å²) >= 11 is 0. The lowest BCUT2D eigenvalue weighted by atomic mass is 10.2. The second-order valence-electron chi connectivity index (χ2n) is 3.53. The Morgan fingerprint density at radius 3 is 2.72 bits per heavy atom. The molecule has 0 radical (unpaired) electrons. The molecule has 0 spiro atoms. The van der Waals surface area contributed by atoms with Crippen LogP contribution in [0, 0.1) is 0 Å². The van der Waals surface area contributed by atoms with Gasteiger partial charge in [0.1, 0.15) is 0 Å². The van der Waals surface area contributed by atoms with E-state index >= 15 is 0 Å². The van der Waals surface area contributed by atoms with Crippen molar-refractivity contribution in [2.24, 2.45) is 10.9 Å². The van der Waals surface area contributed by atoms with Crippen LogP contribution in [-0.4, -0.2) is 17.1 Å². The maximum atomic E-state index is 12.1. The number of hydrogen-bond donors (Lipinski definition) is 2. The van der Waals surface area contributed by atoms with Gasteiger partial charge in [-0.25, -0.2) is 0 Å². The lowest BCUT2D eigenvalue weighted by Crippen LogP contribution is -2.15. The number of rotatable bonds is 3. The molecule has 0 aliphatic heterocycles. The summed E-state index contributed by atoms with van der Waals surface area (Å²) in [5.41, 5.74) is 1.59. The average Bonchev–Trinajstić information content (AvgIpc) is 2.41. The predicted octanol–water partition coefficient (Wildman–Crippen LogP) is 1.63. The number of hydrogen-bond acceptors (Lipinski definition) is 4. The Hall–Kier alpha value is -2.69. The first-order valence-electron chi connectivity index (χ1n) is 5.36. The van der Waals surface area contributed by atoms with Crippen LogP contribution in [0.2, 0.25) is 0 Å². The molecule has 3 N–H and O–H groups in total. The Morgan fingerprint density at radius 2 is 2.00 bits per heavy atom. The summed E-state index contributed by atoms with van der Waals surface area (Å²) in [6, 6.07) is 12.6. The molecule has 0 unspecified atom stereocenters. The molecule has 0 saturated heterocycles. The molecule has 2 aromatic rings. The molecule has 2 rings (SSSR count). The molecule has 5 nitrogen and oxygen atoms in total. The van der Waals surface area contributed by atoms with Gasteiger partial charge in [0.2, 0.25) is 0 Å². The van der Waals surface area contributed by atoms with Crippen LogP contribution in [0.25, 0.3) is 0 Å². The zero-order valence-corrected chi connectivity index (χ0v) is 9.58. The number of benzene rings is 1.